The molecule has 9 heteroatoms. The standard InChI is InChI=1S/C12H23N5O2S2/c1-4-10-8-15-11(20-10)9-16-12(13-3)14-6-7-17-21(18,19)5-2/h8,17H,4-7,9H2,1-3H3,(H2,13,14,16). The fourth-order valence-corrected chi connectivity index (χ4v) is 2.88. The van der Waals surface area contributed by atoms with E-state index in [4.69, 9.17) is 0 Å². The minimum absolute atomic E-state index is 0.0871. The number of guanidine groups is 1. The summed E-state index contributed by atoms with van der Waals surface area (Å²) in [5, 5.41) is 7.19. The molecule has 0 fully saturated rings. The molecule has 21 heavy (non-hydrogen) atoms. The van der Waals surface area contributed by atoms with Crippen LogP contribution in [0.4, 0.5) is 0 Å². The number of rotatable bonds is 8. The monoisotopic (exact) mass is 333 g/mol. The average molecular weight is 333 g/mol. The van der Waals surface area contributed by atoms with Gasteiger partial charge in [-0.2, -0.15) is 0 Å². The molecule has 0 saturated carbocycles. The first kappa shape index (κ1) is 17.9. The van der Waals surface area contributed by atoms with Gasteiger partial charge in [-0.05, 0) is 13.3 Å². The SMILES string of the molecule is CCc1cnc(CNC(=NC)NCCNS(=O)(=O)CC)s1. The lowest BCUT2D eigenvalue weighted by molar-refractivity contribution is 0.582. The Balaban J connectivity index is 2.29. The second kappa shape index (κ2) is 8.96. The molecule has 1 aromatic rings. The second-order valence-electron chi connectivity index (χ2n) is 4.22. The first-order valence-electron chi connectivity index (χ1n) is 6.86. The van der Waals surface area contributed by atoms with Crippen molar-refractivity contribution in [3.8, 4) is 0 Å². The van der Waals surface area contributed by atoms with Crippen molar-refractivity contribution in [2.24, 2.45) is 4.99 Å². The average Bonchev–Trinajstić information content (AvgIpc) is 2.94. The Morgan fingerprint density at radius 2 is 2.10 bits per heavy atom. The van der Waals surface area contributed by atoms with Crippen LogP contribution in [-0.2, 0) is 23.0 Å². The minimum atomic E-state index is -3.14. The highest BCUT2D eigenvalue weighted by Crippen LogP contribution is 2.12. The second-order valence-corrected chi connectivity index (χ2v) is 7.52. The summed E-state index contributed by atoms with van der Waals surface area (Å²) in [6.45, 7) is 5.10. The molecule has 0 aliphatic heterocycles. The number of hydrogen-bond acceptors (Lipinski definition) is 5. The van der Waals surface area contributed by atoms with Crippen molar-refractivity contribution < 1.29 is 8.42 Å². The maximum Gasteiger partial charge on any atom is 0.211 e. The van der Waals surface area contributed by atoms with Crippen LogP contribution in [-0.4, -0.2) is 45.3 Å². The summed E-state index contributed by atoms with van der Waals surface area (Å²) >= 11 is 1.67. The third-order valence-electron chi connectivity index (χ3n) is 2.70. The molecule has 120 valence electrons. The van der Waals surface area contributed by atoms with E-state index >= 15 is 0 Å². The summed E-state index contributed by atoms with van der Waals surface area (Å²) < 4.78 is 25.0. The molecule has 7 nitrogen and oxygen atoms in total. The maximum absolute atomic E-state index is 11.3. The largest absolute Gasteiger partial charge is 0.355 e. The zero-order valence-corrected chi connectivity index (χ0v) is 14.3. The molecule has 3 N–H and O–H groups in total. The number of nitrogens with one attached hydrogen (secondary N) is 3. The number of sulfonamides is 1. The third kappa shape index (κ3) is 6.87. The topological polar surface area (TPSA) is 95.5 Å². The summed E-state index contributed by atoms with van der Waals surface area (Å²) in [6, 6.07) is 0. The molecule has 0 bridgehead atoms. The van der Waals surface area contributed by atoms with Crippen LogP contribution in [0.25, 0.3) is 0 Å². The molecule has 0 amide bonds. The van der Waals surface area contributed by atoms with Crippen molar-refractivity contribution in [1.29, 1.82) is 0 Å². The molecule has 0 aromatic carbocycles. The van der Waals surface area contributed by atoms with E-state index in [0.29, 0.717) is 25.6 Å². The fourth-order valence-electron chi connectivity index (χ4n) is 1.46. The van der Waals surface area contributed by atoms with E-state index in [1.165, 1.54) is 4.88 Å². The van der Waals surface area contributed by atoms with Crippen LogP contribution >= 0.6 is 11.3 Å². The lowest BCUT2D eigenvalue weighted by Gasteiger charge is -2.11. The maximum atomic E-state index is 11.3. The van der Waals surface area contributed by atoms with Gasteiger partial charge in [-0.1, -0.05) is 6.92 Å². The molecule has 0 aliphatic rings. The van der Waals surface area contributed by atoms with E-state index in [9.17, 15) is 8.42 Å². The molecule has 1 aromatic heterocycles. The van der Waals surface area contributed by atoms with Gasteiger partial charge < -0.3 is 10.6 Å². The summed E-state index contributed by atoms with van der Waals surface area (Å²) in [5.41, 5.74) is 0. The van der Waals surface area contributed by atoms with Gasteiger partial charge in [0.05, 0.1) is 12.3 Å². The van der Waals surface area contributed by atoms with Gasteiger partial charge >= 0.3 is 0 Å². The van der Waals surface area contributed by atoms with Crippen LogP contribution in [0.1, 0.15) is 23.7 Å². The normalized spacial score (nSPS) is 12.4. The molecule has 0 radical (unpaired) electrons. The van der Waals surface area contributed by atoms with Crippen LogP contribution in [0.15, 0.2) is 11.2 Å². The Kier molecular flexibility index (Phi) is 7.62. The van der Waals surface area contributed by atoms with Crippen molar-refractivity contribution in [3.05, 3.63) is 16.1 Å². The van der Waals surface area contributed by atoms with Gasteiger partial charge in [-0.25, -0.2) is 18.1 Å². The Labute approximate surface area is 130 Å². The smallest absolute Gasteiger partial charge is 0.211 e. The quantitative estimate of drug-likeness (QED) is 0.361. The summed E-state index contributed by atoms with van der Waals surface area (Å²) in [6.07, 6.45) is 2.87. The summed E-state index contributed by atoms with van der Waals surface area (Å²) in [7, 11) is -1.47. The first-order chi connectivity index (χ1) is 10.0. The van der Waals surface area contributed by atoms with Crippen molar-refractivity contribution in [2.45, 2.75) is 26.8 Å². The van der Waals surface area contributed by atoms with Crippen molar-refractivity contribution in [1.82, 2.24) is 20.3 Å². The van der Waals surface area contributed by atoms with Crippen LogP contribution in [0.5, 0.6) is 0 Å². The van der Waals surface area contributed by atoms with Gasteiger partial charge in [0, 0.05) is 31.2 Å². The van der Waals surface area contributed by atoms with Crippen molar-refractivity contribution in [3.63, 3.8) is 0 Å². The summed E-state index contributed by atoms with van der Waals surface area (Å²) in [4.78, 5) is 9.65. The fraction of sp³-hybridized carbons (Fsp3) is 0.667. The van der Waals surface area contributed by atoms with E-state index in [0.717, 1.165) is 11.4 Å². The van der Waals surface area contributed by atoms with Crippen LogP contribution in [0, 0.1) is 0 Å². The van der Waals surface area contributed by atoms with E-state index in [2.05, 4.69) is 32.3 Å². The Bertz CT molecular complexity index is 554. The lowest BCUT2D eigenvalue weighted by atomic mass is 10.4. The number of aryl methyl sites for hydroxylation is 1. The van der Waals surface area contributed by atoms with Gasteiger partial charge in [0.2, 0.25) is 10.0 Å². The van der Waals surface area contributed by atoms with Gasteiger partial charge in [0.25, 0.3) is 0 Å². The van der Waals surface area contributed by atoms with E-state index in [1.54, 1.807) is 25.3 Å². The number of aromatic nitrogens is 1. The molecular weight excluding hydrogens is 310 g/mol. The van der Waals surface area contributed by atoms with Gasteiger partial charge in [-0.3, -0.25) is 4.99 Å². The predicted octanol–water partition coefficient (Wildman–Crippen LogP) is 0.310. The zero-order valence-electron chi connectivity index (χ0n) is 12.6. The summed E-state index contributed by atoms with van der Waals surface area (Å²) in [5.74, 6) is 0.711. The van der Waals surface area contributed by atoms with Crippen molar-refractivity contribution >= 4 is 27.3 Å². The van der Waals surface area contributed by atoms with Gasteiger partial charge in [0.1, 0.15) is 5.01 Å². The number of thiazole rings is 1. The van der Waals surface area contributed by atoms with Crippen molar-refractivity contribution in [2.75, 3.05) is 25.9 Å². The van der Waals surface area contributed by atoms with E-state index in [1.807, 2.05) is 6.20 Å². The Morgan fingerprint density at radius 1 is 1.33 bits per heavy atom. The van der Waals surface area contributed by atoms with Crippen LogP contribution in [0.3, 0.4) is 0 Å². The molecule has 0 spiro atoms. The highest BCUT2D eigenvalue weighted by molar-refractivity contribution is 7.89. The lowest BCUT2D eigenvalue weighted by Crippen LogP contribution is -2.41. The minimum Gasteiger partial charge on any atom is -0.355 e. The van der Waals surface area contributed by atoms with Gasteiger partial charge in [0.15, 0.2) is 5.96 Å². The zero-order chi connectivity index (χ0) is 15.7. The molecule has 0 atom stereocenters. The molecule has 0 unspecified atom stereocenters. The van der Waals surface area contributed by atoms with Crippen LogP contribution in [0.2, 0.25) is 0 Å². The molecule has 1 rings (SSSR count). The molecular formula is C12H23N5O2S2. The van der Waals surface area contributed by atoms with E-state index < -0.39 is 10.0 Å². The highest BCUT2D eigenvalue weighted by Gasteiger charge is 2.05. The first-order valence-corrected chi connectivity index (χ1v) is 9.33. The van der Waals surface area contributed by atoms with E-state index in [-0.39, 0.29) is 5.75 Å². The molecule has 0 saturated heterocycles. The molecule has 0 aliphatic carbocycles. The number of aliphatic imine (C=N–C) groups is 1. The predicted molar refractivity (Wildman–Crippen MR) is 87.2 cm³/mol. The number of hydrogen-bond donors (Lipinski definition) is 3. The third-order valence-corrected chi connectivity index (χ3v) is 5.25. The van der Waals surface area contributed by atoms with Gasteiger partial charge in [-0.15, -0.1) is 11.3 Å². The molecule has 1 heterocycles. The number of nitrogens with zero attached hydrogens (tertiary/aromatic N) is 2. The Morgan fingerprint density at radius 3 is 2.67 bits per heavy atom. The highest BCUT2D eigenvalue weighted by atomic mass is 32.2. The Hall–Kier alpha value is -1.19. The van der Waals surface area contributed by atoms with Crippen LogP contribution < -0.4 is 15.4 Å².